The standard InChI is InChI=1S/C16H15N5O2S/c17-12-3-1-2-11-9(7-20-15(11)12)6-10-8-21-16-14(10)13(4-5-19-16)24(18,22)23/h1-6,8,20H,7,17H2,(H,19,21)(H2,18,22,23). The lowest BCUT2D eigenvalue weighted by atomic mass is 10.0. The predicted molar refractivity (Wildman–Crippen MR) is 94.7 cm³/mol. The second-order valence-corrected chi connectivity index (χ2v) is 7.14. The first-order valence-corrected chi connectivity index (χ1v) is 8.82. The number of hydrogen-bond acceptors (Lipinski definition) is 5. The summed E-state index contributed by atoms with van der Waals surface area (Å²) in [6, 6.07) is 7.11. The molecule has 0 radical (unpaired) electrons. The molecule has 0 amide bonds. The van der Waals surface area contributed by atoms with Gasteiger partial charge < -0.3 is 16.0 Å². The van der Waals surface area contributed by atoms with Gasteiger partial charge in [0.15, 0.2) is 0 Å². The van der Waals surface area contributed by atoms with Gasteiger partial charge in [-0.05, 0) is 23.8 Å². The molecule has 24 heavy (non-hydrogen) atoms. The topological polar surface area (TPSA) is 127 Å². The number of nitrogens with two attached hydrogens (primary N) is 2. The molecule has 4 rings (SSSR count). The average molecular weight is 341 g/mol. The average Bonchev–Trinajstić information content (AvgIpc) is 3.13. The van der Waals surface area contributed by atoms with Crippen molar-refractivity contribution in [2.75, 3.05) is 17.6 Å². The molecule has 0 atom stereocenters. The summed E-state index contributed by atoms with van der Waals surface area (Å²) in [5.74, 6) is 0. The molecule has 122 valence electrons. The fourth-order valence-corrected chi connectivity index (χ4v) is 3.78. The molecule has 3 aromatic rings. The van der Waals surface area contributed by atoms with Gasteiger partial charge in [-0.1, -0.05) is 12.1 Å². The molecule has 0 saturated carbocycles. The molecular formula is C16H15N5O2S. The molecule has 0 fully saturated rings. The van der Waals surface area contributed by atoms with Crippen LogP contribution in [0.1, 0.15) is 11.1 Å². The Hall–Kier alpha value is -2.84. The first kappa shape index (κ1) is 14.7. The number of fused-ring (bicyclic) bond motifs is 2. The van der Waals surface area contributed by atoms with Crippen LogP contribution in [0.4, 0.5) is 11.4 Å². The van der Waals surface area contributed by atoms with E-state index >= 15 is 0 Å². The smallest absolute Gasteiger partial charge is 0.238 e. The highest BCUT2D eigenvalue weighted by molar-refractivity contribution is 7.89. The highest BCUT2D eigenvalue weighted by Gasteiger charge is 2.20. The second-order valence-electron chi connectivity index (χ2n) is 5.61. The van der Waals surface area contributed by atoms with E-state index in [2.05, 4.69) is 15.3 Å². The van der Waals surface area contributed by atoms with Crippen molar-refractivity contribution in [3.05, 3.63) is 47.8 Å². The van der Waals surface area contributed by atoms with Crippen molar-refractivity contribution >= 4 is 44.1 Å². The molecule has 0 unspecified atom stereocenters. The van der Waals surface area contributed by atoms with Crippen molar-refractivity contribution in [2.24, 2.45) is 5.14 Å². The minimum absolute atomic E-state index is 0.0550. The van der Waals surface area contributed by atoms with Crippen molar-refractivity contribution in [1.82, 2.24) is 9.97 Å². The third-order valence-corrected chi connectivity index (χ3v) is 5.05. The van der Waals surface area contributed by atoms with Gasteiger partial charge in [0.25, 0.3) is 0 Å². The zero-order chi connectivity index (χ0) is 16.9. The summed E-state index contributed by atoms with van der Waals surface area (Å²) in [5, 5.41) is 9.09. The maximum atomic E-state index is 11.9. The molecule has 1 aromatic carbocycles. The van der Waals surface area contributed by atoms with Crippen LogP contribution in [0.15, 0.2) is 41.6 Å². The van der Waals surface area contributed by atoms with E-state index in [0.717, 1.165) is 16.8 Å². The highest BCUT2D eigenvalue weighted by atomic mass is 32.2. The molecule has 2 aromatic heterocycles. The van der Waals surface area contributed by atoms with E-state index in [1.54, 1.807) is 6.20 Å². The van der Waals surface area contributed by atoms with Crippen molar-refractivity contribution in [3.63, 3.8) is 0 Å². The molecular weight excluding hydrogens is 326 g/mol. The Morgan fingerprint density at radius 1 is 1.25 bits per heavy atom. The number of aromatic nitrogens is 2. The zero-order valence-electron chi connectivity index (χ0n) is 12.6. The van der Waals surface area contributed by atoms with E-state index in [1.807, 2.05) is 24.3 Å². The number of aromatic amines is 1. The summed E-state index contributed by atoms with van der Waals surface area (Å²) in [6.45, 7) is 0.612. The lowest BCUT2D eigenvalue weighted by Gasteiger charge is -2.03. The van der Waals surface area contributed by atoms with Gasteiger partial charge in [0.05, 0.1) is 16.3 Å². The van der Waals surface area contributed by atoms with Crippen LogP contribution in [0.25, 0.3) is 22.7 Å². The number of anilines is 2. The van der Waals surface area contributed by atoms with Gasteiger partial charge >= 0.3 is 0 Å². The van der Waals surface area contributed by atoms with E-state index in [4.69, 9.17) is 10.9 Å². The van der Waals surface area contributed by atoms with Gasteiger partial charge in [-0.2, -0.15) is 0 Å². The zero-order valence-corrected chi connectivity index (χ0v) is 13.4. The fraction of sp³-hybridized carbons (Fsp3) is 0.0625. The first-order chi connectivity index (χ1) is 11.4. The molecule has 0 aliphatic carbocycles. The Morgan fingerprint density at radius 3 is 2.88 bits per heavy atom. The van der Waals surface area contributed by atoms with Crippen LogP contribution >= 0.6 is 0 Å². The van der Waals surface area contributed by atoms with Crippen LogP contribution < -0.4 is 16.2 Å². The van der Waals surface area contributed by atoms with Gasteiger partial charge in [0, 0.05) is 35.5 Å². The van der Waals surface area contributed by atoms with Crippen molar-refractivity contribution in [3.8, 4) is 0 Å². The number of rotatable bonds is 2. The SMILES string of the molecule is Nc1cccc2c1NCC2=Cc1c[nH]c2nccc(S(N)(=O)=O)c12. The highest BCUT2D eigenvalue weighted by Crippen LogP contribution is 2.37. The van der Waals surface area contributed by atoms with Crippen molar-refractivity contribution in [1.29, 1.82) is 0 Å². The van der Waals surface area contributed by atoms with Crippen molar-refractivity contribution in [2.45, 2.75) is 4.90 Å². The normalized spacial score (nSPS) is 15.6. The van der Waals surface area contributed by atoms with Gasteiger partial charge in [-0.15, -0.1) is 0 Å². The Balaban J connectivity index is 1.93. The van der Waals surface area contributed by atoms with E-state index < -0.39 is 10.0 Å². The molecule has 1 aliphatic rings. The third-order valence-electron chi connectivity index (χ3n) is 4.10. The lowest BCUT2D eigenvalue weighted by Crippen LogP contribution is -2.12. The summed E-state index contributed by atoms with van der Waals surface area (Å²) in [7, 11) is -3.85. The predicted octanol–water partition coefficient (Wildman–Crippen LogP) is 1.76. The van der Waals surface area contributed by atoms with Gasteiger partial charge in [-0.25, -0.2) is 18.5 Å². The number of primary sulfonamides is 1. The third kappa shape index (κ3) is 2.24. The number of nitrogens with one attached hydrogen (secondary N) is 2. The second kappa shape index (κ2) is 5.08. The fourth-order valence-electron chi connectivity index (χ4n) is 3.03. The number of benzene rings is 1. The Bertz CT molecular complexity index is 1100. The number of pyridine rings is 1. The lowest BCUT2D eigenvalue weighted by molar-refractivity contribution is 0.598. The molecule has 7 nitrogen and oxygen atoms in total. The molecule has 0 saturated heterocycles. The minimum Gasteiger partial charge on any atom is -0.397 e. The van der Waals surface area contributed by atoms with Crippen molar-refractivity contribution < 1.29 is 8.42 Å². The molecule has 1 aliphatic heterocycles. The Kier molecular flexibility index (Phi) is 3.12. The van der Waals surface area contributed by atoms with Crippen LogP contribution in [0.5, 0.6) is 0 Å². The van der Waals surface area contributed by atoms with Gasteiger partial charge in [-0.3, -0.25) is 0 Å². The van der Waals surface area contributed by atoms with Gasteiger partial charge in [0.1, 0.15) is 5.65 Å². The monoisotopic (exact) mass is 341 g/mol. The molecule has 8 heteroatoms. The first-order valence-electron chi connectivity index (χ1n) is 7.27. The summed E-state index contributed by atoms with van der Waals surface area (Å²) in [6.07, 6.45) is 5.07. The van der Waals surface area contributed by atoms with Crippen LogP contribution in [0.2, 0.25) is 0 Å². The minimum atomic E-state index is -3.85. The van der Waals surface area contributed by atoms with E-state index in [9.17, 15) is 8.42 Å². The molecule has 3 heterocycles. The number of nitrogen functional groups attached to an aromatic ring is 1. The van der Waals surface area contributed by atoms with Gasteiger partial charge in [0.2, 0.25) is 10.0 Å². The Morgan fingerprint density at radius 2 is 2.08 bits per heavy atom. The van der Waals surface area contributed by atoms with Crippen LogP contribution in [0, 0.1) is 0 Å². The van der Waals surface area contributed by atoms with E-state index in [1.165, 1.54) is 12.3 Å². The number of sulfonamides is 1. The maximum Gasteiger partial charge on any atom is 0.238 e. The van der Waals surface area contributed by atoms with E-state index in [0.29, 0.717) is 28.8 Å². The molecule has 0 bridgehead atoms. The number of para-hydroxylation sites is 1. The quantitative estimate of drug-likeness (QED) is 0.528. The van der Waals surface area contributed by atoms with Crippen LogP contribution in [-0.4, -0.2) is 24.9 Å². The largest absolute Gasteiger partial charge is 0.397 e. The van der Waals surface area contributed by atoms with Crippen LogP contribution in [0.3, 0.4) is 0 Å². The summed E-state index contributed by atoms with van der Waals surface area (Å²) >= 11 is 0. The summed E-state index contributed by atoms with van der Waals surface area (Å²) in [4.78, 5) is 7.21. The maximum absolute atomic E-state index is 11.9. The molecule has 6 N–H and O–H groups in total. The number of nitrogens with zero attached hydrogens (tertiary/aromatic N) is 1. The number of hydrogen-bond donors (Lipinski definition) is 4. The van der Waals surface area contributed by atoms with E-state index in [-0.39, 0.29) is 4.90 Å². The summed E-state index contributed by atoms with van der Waals surface area (Å²) in [5.41, 5.74) is 10.8. The Labute approximate surface area is 138 Å². The summed E-state index contributed by atoms with van der Waals surface area (Å²) < 4.78 is 23.7. The van der Waals surface area contributed by atoms with Crippen LogP contribution in [-0.2, 0) is 10.0 Å². The molecule has 0 spiro atoms. The number of H-pyrrole nitrogens is 1.